The maximum absolute atomic E-state index is 13.7. The lowest BCUT2D eigenvalue weighted by atomic mass is 9.89. The zero-order chi connectivity index (χ0) is 16.0. The van der Waals surface area contributed by atoms with Crippen LogP contribution in [0.2, 0.25) is 0 Å². The normalized spacial score (nSPS) is 26.5. The van der Waals surface area contributed by atoms with Gasteiger partial charge in [-0.05, 0) is 23.6 Å². The number of nitrogens with one attached hydrogen (secondary N) is 1. The van der Waals surface area contributed by atoms with Crippen molar-refractivity contribution in [3.05, 3.63) is 46.7 Å². The van der Waals surface area contributed by atoms with Crippen molar-refractivity contribution < 1.29 is 9.18 Å². The van der Waals surface area contributed by atoms with Crippen molar-refractivity contribution in [3.63, 3.8) is 0 Å². The number of rotatable bonds is 2. The standard InChI is InChI=1S/C16H17FN4OS/c17-11-3-1-2-9(4-11)14-12-6-19-5-10(12)8-21(14)15(22)13-7-20-16(18)23-13/h1-4,7,10,12,14,19H,5-6,8H2,(H2,18,20)/t10-,12-,14-/m0/s1. The van der Waals surface area contributed by atoms with Crippen LogP contribution in [0.25, 0.3) is 0 Å². The van der Waals surface area contributed by atoms with Gasteiger partial charge in [-0.2, -0.15) is 0 Å². The Morgan fingerprint density at radius 1 is 1.43 bits per heavy atom. The third kappa shape index (κ3) is 2.49. The van der Waals surface area contributed by atoms with E-state index in [1.54, 1.807) is 6.07 Å². The quantitative estimate of drug-likeness (QED) is 0.881. The summed E-state index contributed by atoms with van der Waals surface area (Å²) >= 11 is 1.20. The van der Waals surface area contributed by atoms with Crippen LogP contribution in [0.15, 0.2) is 30.5 Å². The zero-order valence-electron chi connectivity index (χ0n) is 12.4. The number of carbonyl (C=O) groups excluding carboxylic acids is 1. The highest BCUT2D eigenvalue weighted by molar-refractivity contribution is 7.17. The first-order chi connectivity index (χ1) is 11.1. The lowest BCUT2D eigenvalue weighted by molar-refractivity contribution is 0.0718. The van der Waals surface area contributed by atoms with Crippen molar-refractivity contribution >= 4 is 22.4 Å². The predicted octanol–water partition coefficient (Wildman–Crippen LogP) is 1.90. The molecule has 0 saturated carbocycles. The molecule has 3 atom stereocenters. The number of hydrogen-bond acceptors (Lipinski definition) is 5. The Morgan fingerprint density at radius 3 is 3.04 bits per heavy atom. The van der Waals surface area contributed by atoms with Gasteiger partial charge in [-0.15, -0.1) is 0 Å². The Morgan fingerprint density at radius 2 is 2.30 bits per heavy atom. The van der Waals surface area contributed by atoms with Gasteiger partial charge in [-0.3, -0.25) is 4.79 Å². The molecule has 1 aromatic carbocycles. The molecule has 2 aliphatic rings. The lowest BCUT2D eigenvalue weighted by Gasteiger charge is -2.28. The Labute approximate surface area is 137 Å². The number of aromatic nitrogens is 1. The zero-order valence-corrected chi connectivity index (χ0v) is 13.2. The van der Waals surface area contributed by atoms with E-state index in [2.05, 4.69) is 10.3 Å². The molecule has 5 nitrogen and oxygen atoms in total. The summed E-state index contributed by atoms with van der Waals surface area (Å²) in [4.78, 5) is 19.3. The number of anilines is 1. The van der Waals surface area contributed by atoms with Crippen LogP contribution in [-0.2, 0) is 0 Å². The summed E-state index contributed by atoms with van der Waals surface area (Å²) in [7, 11) is 0. The van der Waals surface area contributed by atoms with Gasteiger partial charge >= 0.3 is 0 Å². The maximum atomic E-state index is 13.7. The second kappa shape index (κ2) is 5.58. The van der Waals surface area contributed by atoms with Crippen LogP contribution in [0, 0.1) is 17.7 Å². The van der Waals surface area contributed by atoms with Crippen molar-refractivity contribution in [1.29, 1.82) is 0 Å². The maximum Gasteiger partial charge on any atom is 0.266 e. The van der Waals surface area contributed by atoms with Gasteiger partial charge in [-0.25, -0.2) is 9.37 Å². The summed E-state index contributed by atoms with van der Waals surface area (Å²) in [6.45, 7) is 2.42. The first-order valence-corrected chi connectivity index (χ1v) is 8.43. The number of fused-ring (bicyclic) bond motifs is 1. The largest absolute Gasteiger partial charge is 0.375 e. The third-order valence-electron chi connectivity index (χ3n) is 4.75. The van der Waals surface area contributed by atoms with E-state index in [9.17, 15) is 9.18 Å². The van der Waals surface area contributed by atoms with E-state index in [4.69, 9.17) is 5.73 Å². The minimum absolute atomic E-state index is 0.0668. The topological polar surface area (TPSA) is 71.2 Å². The van der Waals surface area contributed by atoms with E-state index in [-0.39, 0.29) is 17.8 Å². The number of nitrogen functional groups attached to an aromatic ring is 1. The van der Waals surface area contributed by atoms with Crippen molar-refractivity contribution in [3.8, 4) is 0 Å². The molecule has 4 rings (SSSR count). The lowest BCUT2D eigenvalue weighted by Crippen LogP contribution is -2.34. The molecule has 0 aliphatic carbocycles. The van der Waals surface area contributed by atoms with Gasteiger partial charge in [0.05, 0.1) is 12.2 Å². The average Bonchev–Trinajstić information content (AvgIpc) is 3.21. The molecule has 7 heteroatoms. The van der Waals surface area contributed by atoms with E-state index in [0.717, 1.165) is 18.7 Å². The van der Waals surface area contributed by atoms with Crippen LogP contribution >= 0.6 is 11.3 Å². The van der Waals surface area contributed by atoms with Crippen LogP contribution in [-0.4, -0.2) is 35.4 Å². The molecule has 23 heavy (non-hydrogen) atoms. The number of carbonyl (C=O) groups is 1. The van der Waals surface area contributed by atoms with Crippen LogP contribution in [0.1, 0.15) is 21.3 Å². The molecule has 2 aliphatic heterocycles. The van der Waals surface area contributed by atoms with E-state index >= 15 is 0 Å². The van der Waals surface area contributed by atoms with Gasteiger partial charge in [0.15, 0.2) is 5.13 Å². The summed E-state index contributed by atoms with van der Waals surface area (Å²) in [5, 5.41) is 3.77. The molecule has 0 unspecified atom stereocenters. The molecule has 120 valence electrons. The predicted molar refractivity (Wildman–Crippen MR) is 86.6 cm³/mol. The smallest absolute Gasteiger partial charge is 0.266 e. The van der Waals surface area contributed by atoms with Crippen molar-refractivity contribution in [1.82, 2.24) is 15.2 Å². The summed E-state index contributed by atoms with van der Waals surface area (Å²) in [5.41, 5.74) is 6.50. The SMILES string of the molecule is Nc1ncc(C(=O)N2C[C@@H]3CNC[C@@H]3[C@@H]2c2cccc(F)c2)s1. The summed E-state index contributed by atoms with van der Waals surface area (Å²) in [6.07, 6.45) is 1.53. The van der Waals surface area contributed by atoms with Crippen LogP contribution in [0.5, 0.6) is 0 Å². The molecular formula is C16H17FN4OS. The van der Waals surface area contributed by atoms with Gasteiger partial charge in [0.25, 0.3) is 5.91 Å². The monoisotopic (exact) mass is 332 g/mol. The minimum Gasteiger partial charge on any atom is -0.375 e. The molecular weight excluding hydrogens is 315 g/mol. The van der Waals surface area contributed by atoms with Gasteiger partial charge in [0, 0.05) is 25.6 Å². The second-order valence-electron chi connectivity index (χ2n) is 6.10. The molecule has 3 heterocycles. The van der Waals surface area contributed by atoms with E-state index < -0.39 is 0 Å². The number of likely N-dealkylation sites (tertiary alicyclic amines) is 1. The minimum atomic E-state index is -0.272. The highest BCUT2D eigenvalue weighted by Gasteiger charge is 2.47. The molecule has 1 amide bonds. The second-order valence-corrected chi connectivity index (χ2v) is 7.16. The molecule has 2 saturated heterocycles. The molecule has 2 fully saturated rings. The van der Waals surface area contributed by atoms with Crippen molar-refractivity contribution in [2.24, 2.45) is 11.8 Å². The summed E-state index contributed by atoms with van der Waals surface area (Å²) < 4.78 is 13.7. The molecule has 2 aromatic rings. The molecule has 0 radical (unpaired) electrons. The number of nitrogens with two attached hydrogens (primary N) is 1. The Kier molecular flexibility index (Phi) is 3.54. The van der Waals surface area contributed by atoms with Gasteiger partial charge in [-0.1, -0.05) is 23.5 Å². The fourth-order valence-electron chi connectivity index (χ4n) is 3.78. The summed E-state index contributed by atoms with van der Waals surface area (Å²) in [5.74, 6) is 0.373. The van der Waals surface area contributed by atoms with Crippen LogP contribution in [0.3, 0.4) is 0 Å². The fraction of sp³-hybridized carbons (Fsp3) is 0.375. The van der Waals surface area contributed by atoms with Crippen molar-refractivity contribution in [2.45, 2.75) is 6.04 Å². The summed E-state index contributed by atoms with van der Waals surface area (Å²) in [6, 6.07) is 6.45. The van der Waals surface area contributed by atoms with E-state index in [1.807, 2.05) is 11.0 Å². The first-order valence-electron chi connectivity index (χ1n) is 7.62. The Balaban J connectivity index is 1.71. The number of halogens is 1. The van der Waals surface area contributed by atoms with Gasteiger partial charge < -0.3 is 16.0 Å². The first kappa shape index (κ1) is 14.6. The molecule has 1 aromatic heterocycles. The number of thiazole rings is 1. The Hall–Kier alpha value is -1.99. The number of hydrogen-bond donors (Lipinski definition) is 2. The molecule has 3 N–H and O–H groups in total. The van der Waals surface area contributed by atoms with Crippen LogP contribution in [0.4, 0.5) is 9.52 Å². The highest BCUT2D eigenvalue weighted by Crippen LogP contribution is 2.43. The van der Waals surface area contributed by atoms with E-state index in [1.165, 1.54) is 29.7 Å². The number of nitrogens with zero attached hydrogens (tertiary/aromatic N) is 2. The molecule has 0 bridgehead atoms. The Bertz CT molecular complexity index is 749. The van der Waals surface area contributed by atoms with Gasteiger partial charge in [0.2, 0.25) is 0 Å². The number of amides is 1. The fourth-order valence-corrected chi connectivity index (χ4v) is 4.42. The highest BCUT2D eigenvalue weighted by atomic mass is 32.1. The average molecular weight is 332 g/mol. The number of benzene rings is 1. The third-order valence-corrected chi connectivity index (χ3v) is 5.56. The van der Waals surface area contributed by atoms with E-state index in [0.29, 0.717) is 28.4 Å². The molecule has 0 spiro atoms. The van der Waals surface area contributed by atoms with Gasteiger partial charge in [0.1, 0.15) is 10.7 Å². The van der Waals surface area contributed by atoms with Crippen LogP contribution < -0.4 is 11.1 Å². The van der Waals surface area contributed by atoms with Crippen molar-refractivity contribution in [2.75, 3.05) is 25.4 Å².